The van der Waals surface area contributed by atoms with Gasteiger partial charge in [-0.05, 0) is 29.3 Å². The van der Waals surface area contributed by atoms with Crippen LogP contribution in [0.25, 0.3) is 12.2 Å². The zero-order chi connectivity index (χ0) is 13.9. The van der Waals surface area contributed by atoms with Gasteiger partial charge in [0, 0.05) is 5.69 Å². The molecule has 2 aromatic rings. The van der Waals surface area contributed by atoms with E-state index in [4.69, 9.17) is 10.3 Å². The third-order valence-corrected chi connectivity index (χ3v) is 3.52. The zero-order valence-electron chi connectivity index (χ0n) is 10.0. The van der Waals surface area contributed by atoms with E-state index in [1.165, 1.54) is 6.07 Å². The maximum atomic E-state index is 11.2. The van der Waals surface area contributed by atoms with E-state index >= 15 is 0 Å². The Kier molecular flexibility index (Phi) is 5.98. The molecule has 4 nitrogen and oxygen atoms in total. The average molecular weight is 299 g/mol. The molecule has 20 heavy (non-hydrogen) atoms. The third kappa shape index (κ3) is 4.47. The van der Waals surface area contributed by atoms with Gasteiger partial charge in [-0.2, -0.15) is 8.42 Å². The Morgan fingerprint density at radius 3 is 2.15 bits per heavy atom. The Balaban J connectivity index is 0.00000200. The minimum atomic E-state index is -4.22. The van der Waals surface area contributed by atoms with E-state index < -0.39 is 10.1 Å². The molecule has 0 amide bonds. The van der Waals surface area contributed by atoms with Crippen molar-refractivity contribution in [2.45, 2.75) is 4.90 Å². The van der Waals surface area contributed by atoms with Gasteiger partial charge in [-0.25, -0.2) is 0 Å². The summed E-state index contributed by atoms with van der Waals surface area (Å²) in [5, 5.41) is 0. The molecular weight excluding hydrogens is 285 g/mol. The molecule has 0 aliphatic rings. The normalized spacial score (nSPS) is 11.2. The quantitative estimate of drug-likeness (QED) is 0.393. The van der Waals surface area contributed by atoms with Crippen molar-refractivity contribution >= 4 is 57.5 Å². The topological polar surface area (TPSA) is 80.4 Å². The molecule has 0 saturated carbocycles. The van der Waals surface area contributed by atoms with Crippen molar-refractivity contribution in [1.29, 1.82) is 0 Å². The van der Waals surface area contributed by atoms with Gasteiger partial charge in [0.15, 0.2) is 0 Å². The van der Waals surface area contributed by atoms with E-state index in [1.54, 1.807) is 42.5 Å². The molecule has 0 radical (unpaired) electrons. The maximum absolute atomic E-state index is 11.2. The Morgan fingerprint density at radius 1 is 0.950 bits per heavy atom. The minimum absolute atomic E-state index is 0. The van der Waals surface area contributed by atoms with Crippen LogP contribution in [0.5, 0.6) is 0 Å². The number of hydrogen-bond acceptors (Lipinski definition) is 3. The average Bonchev–Trinajstić information content (AvgIpc) is 2.37. The second-order valence-electron chi connectivity index (χ2n) is 4.01. The number of hydrogen-bond donors (Lipinski definition) is 2. The van der Waals surface area contributed by atoms with Crippen molar-refractivity contribution in [3.05, 3.63) is 59.7 Å². The van der Waals surface area contributed by atoms with Gasteiger partial charge in [0.05, 0.1) is 0 Å². The Morgan fingerprint density at radius 2 is 1.55 bits per heavy atom. The molecular formula is C14H14NNaO3S. The van der Waals surface area contributed by atoms with Gasteiger partial charge in [0.1, 0.15) is 4.90 Å². The molecule has 2 aromatic carbocycles. The number of rotatable bonds is 3. The fraction of sp³-hybridized carbons (Fsp3) is 0. The molecule has 2 rings (SSSR count). The van der Waals surface area contributed by atoms with E-state index in [0.717, 1.165) is 5.56 Å². The van der Waals surface area contributed by atoms with Crippen LogP contribution >= 0.6 is 0 Å². The zero-order valence-corrected chi connectivity index (χ0v) is 10.8. The van der Waals surface area contributed by atoms with E-state index in [2.05, 4.69) is 0 Å². The first-order chi connectivity index (χ1) is 8.97. The molecule has 0 fully saturated rings. The molecule has 0 aliphatic heterocycles. The molecule has 0 atom stereocenters. The molecule has 6 heteroatoms. The van der Waals surface area contributed by atoms with Crippen LogP contribution in [0, 0.1) is 0 Å². The summed E-state index contributed by atoms with van der Waals surface area (Å²) in [5.74, 6) is 0. The third-order valence-electron chi connectivity index (χ3n) is 2.59. The Bertz CT molecular complexity index is 709. The molecule has 0 saturated heterocycles. The number of anilines is 1. The molecule has 0 heterocycles. The van der Waals surface area contributed by atoms with Crippen LogP contribution in [-0.2, 0) is 10.1 Å². The van der Waals surface area contributed by atoms with Crippen LogP contribution in [0.1, 0.15) is 11.1 Å². The van der Waals surface area contributed by atoms with Crippen molar-refractivity contribution in [3.8, 4) is 0 Å². The second-order valence-corrected chi connectivity index (χ2v) is 5.40. The first-order valence-electron chi connectivity index (χ1n) is 5.57. The summed E-state index contributed by atoms with van der Waals surface area (Å²) in [4.78, 5) is -0.110. The molecule has 0 aliphatic carbocycles. The molecule has 100 valence electrons. The first kappa shape index (κ1) is 16.9. The predicted octanol–water partition coefficient (Wildman–Crippen LogP) is 2.04. The number of nitrogen functional groups attached to an aromatic ring is 1. The fourth-order valence-corrected chi connectivity index (χ4v) is 2.33. The van der Waals surface area contributed by atoms with Gasteiger partial charge in [-0.15, -0.1) is 0 Å². The van der Waals surface area contributed by atoms with Crippen LogP contribution in [0.15, 0.2) is 53.4 Å². The molecule has 3 N–H and O–H groups in total. The summed E-state index contributed by atoms with van der Waals surface area (Å²) in [7, 11) is -4.22. The van der Waals surface area contributed by atoms with Gasteiger partial charge in [-0.1, -0.05) is 42.5 Å². The summed E-state index contributed by atoms with van der Waals surface area (Å²) in [6.07, 6.45) is 3.39. The molecule has 0 bridgehead atoms. The van der Waals surface area contributed by atoms with Gasteiger partial charge in [0.2, 0.25) is 0 Å². The van der Waals surface area contributed by atoms with Crippen LogP contribution in [-0.4, -0.2) is 42.5 Å². The fourth-order valence-electron chi connectivity index (χ4n) is 1.65. The van der Waals surface area contributed by atoms with E-state index in [1.807, 2.05) is 12.1 Å². The van der Waals surface area contributed by atoms with Gasteiger partial charge in [-0.3, -0.25) is 4.55 Å². The standard InChI is InChI=1S/C14H13NO3S.Na.H/c15-13-9-6-11(7-10-13)5-8-12-3-1-2-4-14(12)19(16,17)18;;/h1-10H,15H2,(H,16,17,18);;. The SMILES string of the molecule is Nc1ccc(C=Cc2ccccc2S(=O)(=O)O)cc1.[NaH]. The van der Waals surface area contributed by atoms with Crippen LogP contribution in [0.2, 0.25) is 0 Å². The van der Waals surface area contributed by atoms with Crippen LogP contribution < -0.4 is 5.73 Å². The predicted molar refractivity (Wildman–Crippen MR) is 83.2 cm³/mol. The van der Waals surface area contributed by atoms with Crippen LogP contribution in [0.3, 0.4) is 0 Å². The van der Waals surface area contributed by atoms with Gasteiger partial charge in [0.25, 0.3) is 10.1 Å². The molecule has 0 spiro atoms. The van der Waals surface area contributed by atoms with Crippen LogP contribution in [0.4, 0.5) is 5.69 Å². The first-order valence-corrected chi connectivity index (χ1v) is 7.01. The molecule has 0 aromatic heterocycles. The second kappa shape index (κ2) is 7.06. The summed E-state index contributed by atoms with van der Waals surface area (Å²) >= 11 is 0. The van der Waals surface area contributed by atoms with E-state index in [0.29, 0.717) is 11.3 Å². The Labute approximate surface area is 140 Å². The summed E-state index contributed by atoms with van der Waals surface area (Å²) < 4.78 is 31.6. The summed E-state index contributed by atoms with van der Waals surface area (Å²) in [6.45, 7) is 0. The number of benzene rings is 2. The monoisotopic (exact) mass is 299 g/mol. The Hall–Kier alpha value is -1.11. The summed E-state index contributed by atoms with van der Waals surface area (Å²) in [5.41, 5.74) is 7.56. The van der Waals surface area contributed by atoms with Gasteiger partial charge < -0.3 is 5.73 Å². The van der Waals surface area contributed by atoms with Crippen molar-refractivity contribution in [1.82, 2.24) is 0 Å². The summed E-state index contributed by atoms with van der Waals surface area (Å²) in [6, 6.07) is 13.4. The van der Waals surface area contributed by atoms with Gasteiger partial charge >= 0.3 is 29.6 Å². The van der Waals surface area contributed by atoms with Crippen molar-refractivity contribution in [2.75, 3.05) is 5.73 Å². The van der Waals surface area contributed by atoms with Crippen molar-refractivity contribution in [2.24, 2.45) is 0 Å². The van der Waals surface area contributed by atoms with E-state index in [-0.39, 0.29) is 34.5 Å². The van der Waals surface area contributed by atoms with Crippen molar-refractivity contribution in [3.63, 3.8) is 0 Å². The van der Waals surface area contributed by atoms with E-state index in [9.17, 15) is 8.42 Å². The molecule has 0 unspecified atom stereocenters. The number of nitrogens with two attached hydrogens (primary N) is 1. The van der Waals surface area contributed by atoms with Crippen molar-refractivity contribution < 1.29 is 13.0 Å².